The summed E-state index contributed by atoms with van der Waals surface area (Å²) in [5.41, 5.74) is 3.06. The molecule has 1 aliphatic carbocycles. The van der Waals surface area contributed by atoms with Crippen LogP contribution in [-0.2, 0) is 9.59 Å². The van der Waals surface area contributed by atoms with E-state index in [1.807, 2.05) is 24.3 Å². The summed E-state index contributed by atoms with van der Waals surface area (Å²) in [6, 6.07) is 21.8. The maximum atomic E-state index is 13.5. The number of hydrogen-bond donors (Lipinski definition) is 3. The minimum absolute atomic E-state index is 0.0992. The van der Waals surface area contributed by atoms with E-state index in [9.17, 15) is 24.4 Å². The average Bonchev–Trinajstić information content (AvgIpc) is 3.20. The molecular formula is C44H52ClN7O5. The van der Waals surface area contributed by atoms with Gasteiger partial charge in [0.25, 0.3) is 11.8 Å². The molecule has 0 radical (unpaired) electrons. The number of piperazine rings is 1. The lowest BCUT2D eigenvalue weighted by molar-refractivity contribution is -0.164. The van der Waals surface area contributed by atoms with Crippen molar-refractivity contribution in [2.45, 2.75) is 71.6 Å². The van der Waals surface area contributed by atoms with Crippen molar-refractivity contribution in [3.63, 3.8) is 0 Å². The fourth-order valence-electron chi connectivity index (χ4n) is 9.46. The van der Waals surface area contributed by atoms with Crippen molar-refractivity contribution in [3.8, 4) is 11.8 Å². The molecule has 300 valence electrons. The second-order valence-corrected chi connectivity index (χ2v) is 17.5. The number of anilines is 2. The fraction of sp³-hybridized carbons (Fsp3) is 0.477. The first-order valence-corrected chi connectivity index (χ1v) is 20.3. The third kappa shape index (κ3) is 8.60. The van der Waals surface area contributed by atoms with Crippen molar-refractivity contribution in [1.82, 2.24) is 20.9 Å². The highest BCUT2D eigenvalue weighted by molar-refractivity contribution is 6.31. The molecule has 0 aromatic heterocycles. The lowest BCUT2D eigenvalue weighted by Crippen LogP contribution is -2.74. The number of amides is 4. The minimum atomic E-state index is -0.693. The van der Waals surface area contributed by atoms with Gasteiger partial charge in [-0.05, 0) is 85.8 Å². The molecule has 3 saturated heterocycles. The topological polar surface area (TPSA) is 147 Å². The van der Waals surface area contributed by atoms with Crippen LogP contribution < -0.4 is 30.5 Å². The van der Waals surface area contributed by atoms with Crippen LogP contribution in [0.4, 0.5) is 11.4 Å². The van der Waals surface area contributed by atoms with Crippen LogP contribution >= 0.6 is 11.6 Å². The molecule has 3 aromatic rings. The van der Waals surface area contributed by atoms with Crippen molar-refractivity contribution in [1.29, 1.82) is 5.26 Å². The highest BCUT2D eigenvalue weighted by atomic mass is 35.5. The first-order valence-electron chi connectivity index (χ1n) is 20.0. The van der Waals surface area contributed by atoms with E-state index in [4.69, 9.17) is 16.3 Å². The summed E-state index contributed by atoms with van der Waals surface area (Å²) in [5, 5.41) is 17.9. The summed E-state index contributed by atoms with van der Waals surface area (Å²) in [7, 11) is 0. The first kappa shape index (κ1) is 40.1. The van der Waals surface area contributed by atoms with Gasteiger partial charge in [-0.1, -0.05) is 39.3 Å². The van der Waals surface area contributed by atoms with Crippen LogP contribution in [0.1, 0.15) is 79.7 Å². The predicted octanol–water partition coefficient (Wildman–Crippen LogP) is 5.40. The highest BCUT2D eigenvalue weighted by Gasteiger charge is 2.64. The number of halogens is 1. The van der Waals surface area contributed by atoms with Crippen LogP contribution in [-0.4, -0.2) is 92.5 Å². The Hall–Kier alpha value is -5.12. The summed E-state index contributed by atoms with van der Waals surface area (Å²) < 4.78 is 6.38. The quantitative estimate of drug-likeness (QED) is 0.230. The lowest BCUT2D eigenvalue weighted by Gasteiger charge is -2.63. The predicted molar refractivity (Wildman–Crippen MR) is 220 cm³/mol. The van der Waals surface area contributed by atoms with Crippen LogP contribution in [0.5, 0.6) is 5.75 Å². The summed E-state index contributed by atoms with van der Waals surface area (Å²) >= 11 is 6.25. The van der Waals surface area contributed by atoms with E-state index < -0.39 is 11.9 Å². The molecule has 7 rings (SSSR count). The minimum Gasteiger partial charge on any atom is -0.489 e. The zero-order valence-corrected chi connectivity index (χ0v) is 33.9. The maximum Gasteiger partial charge on any atom is 0.251 e. The Morgan fingerprint density at radius 3 is 1.91 bits per heavy atom. The SMILES string of the molecule is CC1(C)[C@H](NC(=O)c2ccc(N3CCC(CN4CCN(c5ccc(C(=O)NC6CCC(=O)NC6=O)cc5)CC4)CC3)cc2)C(C)(C)[C@H]1Oc1ccc(C#N)c(Cl)c1. The number of carbonyl (C=O) groups is 4. The summed E-state index contributed by atoms with van der Waals surface area (Å²) in [4.78, 5) is 57.0. The monoisotopic (exact) mass is 793 g/mol. The standard InChI is InChI=1S/C44H52ClN7O5/c1-43(2)41(44(3,4)42(43)57-34-14-9-31(26-46)35(45)25-34)49-39(55)30-7-10-32(11-8-30)51-19-17-28(18-20-51)27-50-21-23-52(24-22-50)33-12-5-29(6-13-33)38(54)47-36-15-16-37(53)48-40(36)56/h5-14,25,28,36,41-42H,15-24,27H2,1-4H3,(H,47,54)(H,49,55)(H,48,53,56)/t36?,41-,42-. The smallest absolute Gasteiger partial charge is 0.251 e. The van der Waals surface area contributed by atoms with Crippen LogP contribution in [0.3, 0.4) is 0 Å². The number of nitrogens with zero attached hydrogens (tertiary/aromatic N) is 4. The number of carbonyl (C=O) groups excluding carboxylic acids is 4. The highest BCUT2D eigenvalue weighted by Crippen LogP contribution is 2.55. The van der Waals surface area contributed by atoms with E-state index >= 15 is 0 Å². The average molecular weight is 794 g/mol. The Balaban J connectivity index is 0.832. The Labute approximate surface area is 339 Å². The molecule has 12 nitrogen and oxygen atoms in total. The van der Waals surface area contributed by atoms with Crippen molar-refractivity contribution in [2.24, 2.45) is 16.7 Å². The molecule has 13 heteroatoms. The molecule has 57 heavy (non-hydrogen) atoms. The lowest BCUT2D eigenvalue weighted by atomic mass is 9.49. The second-order valence-electron chi connectivity index (χ2n) is 17.1. The van der Waals surface area contributed by atoms with Gasteiger partial charge >= 0.3 is 0 Å². The van der Waals surface area contributed by atoms with Gasteiger partial charge in [0, 0.05) is 97.7 Å². The summed E-state index contributed by atoms with van der Waals surface area (Å²) in [6.07, 6.45) is 2.60. The number of nitrogens with one attached hydrogen (secondary N) is 3. The third-order valence-electron chi connectivity index (χ3n) is 12.5. The van der Waals surface area contributed by atoms with Gasteiger partial charge in [0.15, 0.2) is 0 Å². The van der Waals surface area contributed by atoms with E-state index in [1.54, 1.807) is 30.3 Å². The molecule has 4 amide bonds. The first-order chi connectivity index (χ1) is 27.2. The molecule has 4 fully saturated rings. The van der Waals surface area contributed by atoms with Crippen LogP contribution in [0.15, 0.2) is 66.7 Å². The number of rotatable bonds is 10. The second kappa shape index (κ2) is 16.4. The van der Waals surface area contributed by atoms with E-state index in [-0.39, 0.29) is 47.1 Å². The van der Waals surface area contributed by atoms with E-state index in [0.29, 0.717) is 39.8 Å². The molecule has 3 heterocycles. The van der Waals surface area contributed by atoms with Gasteiger partial charge in [0.2, 0.25) is 11.8 Å². The Morgan fingerprint density at radius 1 is 0.807 bits per heavy atom. The number of piperidine rings is 2. The van der Waals surface area contributed by atoms with Crippen molar-refractivity contribution in [2.75, 3.05) is 55.6 Å². The summed E-state index contributed by atoms with van der Waals surface area (Å²) in [5.74, 6) is 0.0587. The van der Waals surface area contributed by atoms with Gasteiger partial charge in [-0.3, -0.25) is 29.4 Å². The molecule has 3 N–H and O–H groups in total. The van der Waals surface area contributed by atoms with Gasteiger partial charge in [0.1, 0.15) is 24.0 Å². The Bertz CT molecular complexity index is 2010. The molecule has 3 aromatic carbocycles. The van der Waals surface area contributed by atoms with Crippen LogP contribution in [0.25, 0.3) is 0 Å². The van der Waals surface area contributed by atoms with Gasteiger partial charge in [-0.25, -0.2) is 0 Å². The fourth-order valence-corrected chi connectivity index (χ4v) is 9.67. The molecule has 3 aliphatic heterocycles. The van der Waals surface area contributed by atoms with E-state index in [1.165, 1.54) is 0 Å². The summed E-state index contributed by atoms with van der Waals surface area (Å²) in [6.45, 7) is 15.3. The number of hydrogen-bond acceptors (Lipinski definition) is 9. The zero-order valence-electron chi connectivity index (χ0n) is 33.1. The molecule has 1 saturated carbocycles. The van der Waals surface area contributed by atoms with Gasteiger partial charge in [0.05, 0.1) is 10.6 Å². The molecule has 0 spiro atoms. The van der Waals surface area contributed by atoms with Crippen molar-refractivity contribution < 1.29 is 23.9 Å². The number of benzene rings is 3. The van der Waals surface area contributed by atoms with E-state index in [2.05, 4.69) is 76.5 Å². The largest absolute Gasteiger partial charge is 0.489 e. The van der Waals surface area contributed by atoms with Gasteiger partial charge in [-0.15, -0.1) is 0 Å². The Kier molecular flexibility index (Phi) is 11.5. The zero-order chi connectivity index (χ0) is 40.5. The third-order valence-corrected chi connectivity index (χ3v) is 12.8. The van der Waals surface area contributed by atoms with Crippen LogP contribution in [0.2, 0.25) is 5.02 Å². The van der Waals surface area contributed by atoms with Crippen molar-refractivity contribution in [3.05, 3.63) is 88.4 Å². The number of imide groups is 1. The molecule has 1 atom stereocenters. The molecule has 0 bridgehead atoms. The molecule has 1 unspecified atom stereocenters. The van der Waals surface area contributed by atoms with Crippen molar-refractivity contribution >= 4 is 46.6 Å². The van der Waals surface area contributed by atoms with E-state index in [0.717, 1.165) is 70.0 Å². The molecular weight excluding hydrogens is 742 g/mol. The number of ether oxygens (including phenoxy) is 1. The Morgan fingerprint density at radius 2 is 1.37 bits per heavy atom. The number of nitriles is 1. The van der Waals surface area contributed by atoms with Gasteiger partial charge < -0.3 is 25.2 Å². The normalized spacial score (nSPS) is 23.5. The maximum absolute atomic E-state index is 13.5. The van der Waals surface area contributed by atoms with Gasteiger partial charge in [-0.2, -0.15) is 5.26 Å². The van der Waals surface area contributed by atoms with Crippen LogP contribution in [0, 0.1) is 28.1 Å². The molecule has 4 aliphatic rings.